The number of rotatable bonds is 6. The molecule has 0 aliphatic rings. The average Bonchev–Trinajstić information content (AvgIpc) is 3.22. The minimum atomic E-state index is -0.585. The number of benzene rings is 1. The summed E-state index contributed by atoms with van der Waals surface area (Å²) in [6, 6.07) is 10.6. The van der Waals surface area contributed by atoms with Gasteiger partial charge < -0.3 is 20.5 Å². The van der Waals surface area contributed by atoms with Crippen LogP contribution >= 0.6 is 12.4 Å². The van der Waals surface area contributed by atoms with Gasteiger partial charge in [-0.05, 0) is 30.3 Å². The van der Waals surface area contributed by atoms with Crippen molar-refractivity contribution in [3.63, 3.8) is 0 Å². The Bertz CT molecular complexity index is 1210. The van der Waals surface area contributed by atoms with E-state index in [2.05, 4.69) is 15.3 Å². The SMILES string of the molecule is COc1ccc(-c2cc3nccn3c(Nc3ncccc3C(N)=O)n2)cc1OC.Cl. The number of nitrogens with two attached hydrogens (primary N) is 1. The fourth-order valence-electron chi connectivity index (χ4n) is 2.96. The number of imidazole rings is 1. The number of anilines is 2. The first-order chi connectivity index (χ1) is 14.1. The van der Waals surface area contributed by atoms with E-state index < -0.39 is 5.91 Å². The molecule has 0 saturated carbocycles. The summed E-state index contributed by atoms with van der Waals surface area (Å²) < 4.78 is 12.4. The third kappa shape index (κ3) is 3.83. The van der Waals surface area contributed by atoms with Crippen molar-refractivity contribution in [3.05, 3.63) is 60.6 Å². The molecular formula is C20H19ClN6O3. The van der Waals surface area contributed by atoms with Crippen molar-refractivity contribution in [1.82, 2.24) is 19.4 Å². The van der Waals surface area contributed by atoms with Gasteiger partial charge in [0, 0.05) is 30.2 Å². The molecule has 3 N–H and O–H groups in total. The highest BCUT2D eigenvalue weighted by Crippen LogP contribution is 2.32. The van der Waals surface area contributed by atoms with Gasteiger partial charge in [0.15, 0.2) is 11.5 Å². The second kappa shape index (κ2) is 8.66. The molecule has 0 radical (unpaired) electrons. The smallest absolute Gasteiger partial charge is 0.252 e. The first kappa shape index (κ1) is 20.9. The summed E-state index contributed by atoms with van der Waals surface area (Å²) in [5.74, 6) is 1.37. The Morgan fingerprint density at radius 2 is 1.87 bits per heavy atom. The molecule has 3 aromatic heterocycles. The zero-order valence-electron chi connectivity index (χ0n) is 16.2. The van der Waals surface area contributed by atoms with Crippen LogP contribution in [0.5, 0.6) is 11.5 Å². The molecule has 0 unspecified atom stereocenters. The molecule has 1 amide bonds. The Labute approximate surface area is 178 Å². The number of hydrogen-bond acceptors (Lipinski definition) is 7. The number of hydrogen-bond donors (Lipinski definition) is 2. The number of pyridine rings is 1. The van der Waals surface area contributed by atoms with Crippen LogP contribution in [0.2, 0.25) is 0 Å². The van der Waals surface area contributed by atoms with Gasteiger partial charge in [0.2, 0.25) is 5.95 Å². The summed E-state index contributed by atoms with van der Waals surface area (Å²) in [6.45, 7) is 0. The van der Waals surface area contributed by atoms with E-state index in [0.29, 0.717) is 34.6 Å². The number of amides is 1. The lowest BCUT2D eigenvalue weighted by molar-refractivity contribution is 0.100. The zero-order chi connectivity index (χ0) is 20.4. The van der Waals surface area contributed by atoms with Gasteiger partial charge >= 0.3 is 0 Å². The molecule has 30 heavy (non-hydrogen) atoms. The van der Waals surface area contributed by atoms with Crippen LogP contribution in [0.25, 0.3) is 16.9 Å². The third-order valence-electron chi connectivity index (χ3n) is 4.37. The molecule has 154 valence electrons. The van der Waals surface area contributed by atoms with Crippen molar-refractivity contribution in [2.24, 2.45) is 5.73 Å². The number of ether oxygens (including phenoxy) is 2. The normalized spacial score (nSPS) is 10.3. The second-order valence-electron chi connectivity index (χ2n) is 6.08. The lowest BCUT2D eigenvalue weighted by Gasteiger charge is -2.13. The molecule has 1 aromatic carbocycles. The summed E-state index contributed by atoms with van der Waals surface area (Å²) in [4.78, 5) is 25.0. The minimum Gasteiger partial charge on any atom is -0.493 e. The van der Waals surface area contributed by atoms with E-state index in [1.807, 2.05) is 24.3 Å². The van der Waals surface area contributed by atoms with E-state index in [4.69, 9.17) is 20.2 Å². The van der Waals surface area contributed by atoms with E-state index in [1.165, 1.54) is 0 Å². The monoisotopic (exact) mass is 426 g/mol. The predicted octanol–water partition coefficient (Wildman–Crippen LogP) is 3.07. The number of nitrogens with zero attached hydrogens (tertiary/aromatic N) is 4. The number of halogens is 1. The van der Waals surface area contributed by atoms with Crippen LogP contribution in [0.1, 0.15) is 10.4 Å². The lowest BCUT2D eigenvalue weighted by atomic mass is 10.1. The van der Waals surface area contributed by atoms with Crippen molar-refractivity contribution in [2.75, 3.05) is 19.5 Å². The molecule has 0 aliphatic carbocycles. The van der Waals surface area contributed by atoms with Crippen molar-refractivity contribution >= 4 is 35.7 Å². The van der Waals surface area contributed by atoms with Crippen LogP contribution in [0.4, 0.5) is 11.8 Å². The van der Waals surface area contributed by atoms with Crippen molar-refractivity contribution in [2.45, 2.75) is 0 Å². The summed E-state index contributed by atoms with van der Waals surface area (Å²) in [7, 11) is 3.16. The van der Waals surface area contributed by atoms with Crippen LogP contribution in [-0.4, -0.2) is 39.5 Å². The van der Waals surface area contributed by atoms with Gasteiger partial charge in [0.05, 0.1) is 25.5 Å². The molecule has 0 bridgehead atoms. The molecule has 3 heterocycles. The summed E-state index contributed by atoms with van der Waals surface area (Å²) >= 11 is 0. The van der Waals surface area contributed by atoms with Gasteiger partial charge in [-0.2, -0.15) is 0 Å². The average molecular weight is 427 g/mol. The van der Waals surface area contributed by atoms with Gasteiger partial charge in [-0.25, -0.2) is 15.0 Å². The second-order valence-corrected chi connectivity index (χ2v) is 6.08. The first-order valence-corrected chi connectivity index (χ1v) is 8.69. The largest absolute Gasteiger partial charge is 0.493 e. The molecule has 4 rings (SSSR count). The number of methoxy groups -OCH3 is 2. The quantitative estimate of drug-likeness (QED) is 0.486. The van der Waals surface area contributed by atoms with E-state index in [0.717, 1.165) is 5.56 Å². The van der Waals surface area contributed by atoms with Gasteiger partial charge in [-0.3, -0.25) is 9.20 Å². The number of aromatic nitrogens is 4. The highest BCUT2D eigenvalue weighted by molar-refractivity contribution is 5.98. The molecule has 0 fully saturated rings. The topological polar surface area (TPSA) is 117 Å². The minimum absolute atomic E-state index is 0. The van der Waals surface area contributed by atoms with E-state index in [-0.39, 0.29) is 18.0 Å². The van der Waals surface area contributed by atoms with Crippen molar-refractivity contribution in [3.8, 4) is 22.8 Å². The Hall–Kier alpha value is -3.85. The molecule has 10 heteroatoms. The van der Waals surface area contributed by atoms with Crippen LogP contribution < -0.4 is 20.5 Å². The summed E-state index contributed by atoms with van der Waals surface area (Å²) in [5.41, 5.74) is 7.86. The number of nitrogens with one attached hydrogen (secondary N) is 1. The van der Waals surface area contributed by atoms with Crippen LogP contribution in [0.3, 0.4) is 0 Å². The molecule has 9 nitrogen and oxygen atoms in total. The highest BCUT2D eigenvalue weighted by atomic mass is 35.5. The van der Waals surface area contributed by atoms with Crippen LogP contribution in [-0.2, 0) is 0 Å². The number of fused-ring (bicyclic) bond motifs is 1. The van der Waals surface area contributed by atoms with E-state index >= 15 is 0 Å². The lowest BCUT2D eigenvalue weighted by Crippen LogP contribution is -2.15. The van der Waals surface area contributed by atoms with Crippen molar-refractivity contribution in [1.29, 1.82) is 0 Å². The standard InChI is InChI=1S/C20H18N6O3.ClH/c1-28-15-6-5-12(10-16(15)29-2)14-11-17-22-8-9-26(17)20(24-14)25-19-13(18(21)27)4-3-7-23-19;/h3-11H,1-2H3,(H2,21,27)(H,23,24,25);1H. The zero-order valence-corrected chi connectivity index (χ0v) is 17.0. The predicted molar refractivity (Wildman–Crippen MR) is 115 cm³/mol. The van der Waals surface area contributed by atoms with E-state index in [9.17, 15) is 4.79 Å². The molecule has 0 atom stereocenters. The van der Waals surface area contributed by atoms with Gasteiger partial charge in [-0.1, -0.05) is 0 Å². The molecular weight excluding hydrogens is 408 g/mol. The highest BCUT2D eigenvalue weighted by Gasteiger charge is 2.14. The Morgan fingerprint density at radius 3 is 2.60 bits per heavy atom. The summed E-state index contributed by atoms with van der Waals surface area (Å²) in [6.07, 6.45) is 4.99. The fourth-order valence-corrected chi connectivity index (χ4v) is 2.96. The maximum Gasteiger partial charge on any atom is 0.252 e. The molecule has 0 spiro atoms. The Kier molecular flexibility index (Phi) is 6.03. The first-order valence-electron chi connectivity index (χ1n) is 8.69. The van der Waals surface area contributed by atoms with E-state index in [1.54, 1.807) is 49.3 Å². The van der Waals surface area contributed by atoms with Gasteiger partial charge in [0.1, 0.15) is 11.5 Å². The number of carbonyl (C=O) groups is 1. The third-order valence-corrected chi connectivity index (χ3v) is 4.37. The van der Waals surface area contributed by atoms with Crippen molar-refractivity contribution < 1.29 is 14.3 Å². The molecule has 4 aromatic rings. The molecule has 0 aliphatic heterocycles. The fraction of sp³-hybridized carbons (Fsp3) is 0.100. The Morgan fingerprint density at radius 1 is 1.07 bits per heavy atom. The van der Waals surface area contributed by atoms with Gasteiger partial charge in [-0.15, -0.1) is 12.4 Å². The number of primary amides is 1. The summed E-state index contributed by atoms with van der Waals surface area (Å²) in [5, 5.41) is 3.09. The van der Waals surface area contributed by atoms with Gasteiger partial charge in [0.25, 0.3) is 5.91 Å². The maximum absolute atomic E-state index is 11.7. The van der Waals surface area contributed by atoms with Crippen LogP contribution in [0, 0.1) is 0 Å². The molecule has 0 saturated heterocycles. The van der Waals surface area contributed by atoms with Crippen LogP contribution in [0.15, 0.2) is 55.0 Å². The Balaban J connectivity index is 0.00000256. The maximum atomic E-state index is 11.7. The number of carbonyl (C=O) groups excluding carboxylic acids is 1.